The van der Waals surface area contributed by atoms with Gasteiger partial charge in [-0.25, -0.2) is 0 Å². The van der Waals surface area contributed by atoms with Gasteiger partial charge in [0.25, 0.3) is 0 Å². The molecule has 0 nitrogen and oxygen atoms in total. The van der Waals surface area contributed by atoms with Crippen molar-refractivity contribution in [2.45, 2.75) is 51.9 Å². The van der Waals surface area contributed by atoms with Crippen molar-refractivity contribution in [3.05, 3.63) is 23.3 Å². The molecule has 0 aromatic heterocycles. The van der Waals surface area contributed by atoms with Gasteiger partial charge >= 0.3 is 0 Å². The van der Waals surface area contributed by atoms with Crippen LogP contribution in [0.5, 0.6) is 0 Å². The maximum atomic E-state index is 2.45. The second kappa shape index (κ2) is 4.13. The van der Waals surface area contributed by atoms with Crippen molar-refractivity contribution in [2.75, 3.05) is 0 Å². The summed E-state index contributed by atoms with van der Waals surface area (Å²) in [5.74, 6) is 0.903. The van der Waals surface area contributed by atoms with Crippen molar-refractivity contribution in [1.82, 2.24) is 0 Å². The maximum Gasteiger partial charge on any atom is -0.0132 e. The minimum atomic E-state index is 0.903. The Bertz CT molecular complexity index is 224. The summed E-state index contributed by atoms with van der Waals surface area (Å²) in [5, 5.41) is 0. The van der Waals surface area contributed by atoms with Gasteiger partial charge in [-0.1, -0.05) is 43.4 Å². The first-order valence-corrected chi connectivity index (χ1v) is 5.73. The van der Waals surface area contributed by atoms with Crippen LogP contribution in [0.1, 0.15) is 51.9 Å². The molecular formula is C13H20. The predicted molar refractivity (Wildman–Crippen MR) is 57.6 cm³/mol. The standard InChI is InChI=1S/C13H20/c1-11-8-9-13(10-11)12-6-4-2-3-5-7-12/h9-10,12H,2-8H2,1H3. The first-order chi connectivity index (χ1) is 6.36. The topological polar surface area (TPSA) is 0 Å². The van der Waals surface area contributed by atoms with Crippen molar-refractivity contribution < 1.29 is 0 Å². The highest BCUT2D eigenvalue weighted by molar-refractivity contribution is 5.33. The molecule has 0 saturated heterocycles. The lowest BCUT2D eigenvalue weighted by Crippen LogP contribution is -1.99. The van der Waals surface area contributed by atoms with Gasteiger partial charge in [0.15, 0.2) is 0 Å². The molecule has 0 radical (unpaired) electrons. The molecule has 72 valence electrons. The Kier molecular flexibility index (Phi) is 2.87. The quantitative estimate of drug-likeness (QED) is 0.524. The summed E-state index contributed by atoms with van der Waals surface area (Å²) < 4.78 is 0. The van der Waals surface area contributed by atoms with Crippen molar-refractivity contribution in [3.8, 4) is 0 Å². The molecule has 0 heterocycles. The second-order valence-corrected chi connectivity index (χ2v) is 4.59. The van der Waals surface area contributed by atoms with Crippen molar-refractivity contribution >= 4 is 0 Å². The highest BCUT2D eigenvalue weighted by Crippen LogP contribution is 2.33. The fourth-order valence-corrected chi connectivity index (χ4v) is 2.58. The van der Waals surface area contributed by atoms with E-state index < -0.39 is 0 Å². The fraction of sp³-hybridized carbons (Fsp3) is 0.692. The Morgan fingerprint density at radius 2 is 1.77 bits per heavy atom. The van der Waals surface area contributed by atoms with E-state index in [0.717, 1.165) is 5.92 Å². The molecule has 2 rings (SSSR count). The van der Waals surface area contributed by atoms with Crippen LogP contribution in [0, 0.1) is 5.92 Å². The van der Waals surface area contributed by atoms with Crippen LogP contribution in [0.15, 0.2) is 23.3 Å². The lowest BCUT2D eigenvalue weighted by molar-refractivity contribution is 0.540. The highest BCUT2D eigenvalue weighted by Gasteiger charge is 2.17. The Hall–Kier alpha value is -0.520. The SMILES string of the molecule is CC1=CC(C2CCCCCC2)=CC1. The van der Waals surface area contributed by atoms with Crippen molar-refractivity contribution in [2.24, 2.45) is 5.92 Å². The van der Waals surface area contributed by atoms with Crippen LogP contribution in [0.2, 0.25) is 0 Å². The van der Waals surface area contributed by atoms with Crippen LogP contribution in [-0.2, 0) is 0 Å². The van der Waals surface area contributed by atoms with E-state index in [2.05, 4.69) is 19.1 Å². The molecule has 0 N–H and O–H groups in total. The van der Waals surface area contributed by atoms with E-state index in [0.29, 0.717) is 0 Å². The van der Waals surface area contributed by atoms with Crippen molar-refractivity contribution in [1.29, 1.82) is 0 Å². The van der Waals surface area contributed by atoms with Crippen molar-refractivity contribution in [3.63, 3.8) is 0 Å². The molecular weight excluding hydrogens is 156 g/mol. The van der Waals surface area contributed by atoms with Gasteiger partial charge in [0.2, 0.25) is 0 Å². The molecule has 1 saturated carbocycles. The summed E-state index contributed by atoms with van der Waals surface area (Å²) in [6.45, 7) is 2.25. The average molecular weight is 176 g/mol. The molecule has 0 unspecified atom stereocenters. The molecule has 0 amide bonds. The lowest BCUT2D eigenvalue weighted by atomic mass is 9.92. The number of rotatable bonds is 1. The van der Waals surface area contributed by atoms with Crippen LogP contribution in [0.25, 0.3) is 0 Å². The van der Waals surface area contributed by atoms with Gasteiger partial charge < -0.3 is 0 Å². The Balaban J connectivity index is 1.99. The number of hydrogen-bond donors (Lipinski definition) is 0. The van der Waals surface area contributed by atoms with E-state index >= 15 is 0 Å². The molecule has 0 aromatic rings. The third kappa shape index (κ3) is 2.24. The fourth-order valence-electron chi connectivity index (χ4n) is 2.58. The van der Waals surface area contributed by atoms with Crippen LogP contribution >= 0.6 is 0 Å². The van der Waals surface area contributed by atoms with Crippen LogP contribution < -0.4 is 0 Å². The average Bonchev–Trinajstić information content (AvgIpc) is 2.43. The van der Waals surface area contributed by atoms with Gasteiger partial charge in [-0.2, -0.15) is 0 Å². The van der Waals surface area contributed by atoms with Gasteiger partial charge in [0.05, 0.1) is 0 Å². The van der Waals surface area contributed by atoms with E-state index in [1.807, 2.05) is 0 Å². The lowest BCUT2D eigenvalue weighted by Gasteiger charge is -2.13. The maximum absolute atomic E-state index is 2.45. The van der Waals surface area contributed by atoms with Crippen LogP contribution in [0.4, 0.5) is 0 Å². The highest BCUT2D eigenvalue weighted by atomic mass is 14.2. The second-order valence-electron chi connectivity index (χ2n) is 4.59. The van der Waals surface area contributed by atoms with E-state index in [1.165, 1.54) is 44.9 Å². The Morgan fingerprint density at radius 1 is 1.08 bits per heavy atom. The summed E-state index contributed by atoms with van der Waals surface area (Å²) >= 11 is 0. The monoisotopic (exact) mass is 176 g/mol. The van der Waals surface area contributed by atoms with Gasteiger partial charge in [-0.3, -0.25) is 0 Å². The largest absolute Gasteiger partial charge is 0.0770 e. The molecule has 2 aliphatic carbocycles. The number of hydrogen-bond acceptors (Lipinski definition) is 0. The first kappa shape index (κ1) is 9.05. The summed E-state index contributed by atoms with van der Waals surface area (Å²) in [7, 11) is 0. The number of allylic oxidation sites excluding steroid dienone is 4. The molecule has 1 fully saturated rings. The minimum Gasteiger partial charge on any atom is -0.0770 e. The summed E-state index contributed by atoms with van der Waals surface area (Å²) in [6, 6.07) is 0. The molecule has 0 aromatic carbocycles. The summed E-state index contributed by atoms with van der Waals surface area (Å²) in [5.41, 5.74) is 3.21. The van der Waals surface area contributed by atoms with Gasteiger partial charge in [0, 0.05) is 0 Å². The van der Waals surface area contributed by atoms with E-state index in [1.54, 1.807) is 11.1 Å². The van der Waals surface area contributed by atoms with E-state index in [4.69, 9.17) is 0 Å². The summed E-state index contributed by atoms with van der Waals surface area (Å²) in [4.78, 5) is 0. The third-order valence-electron chi connectivity index (χ3n) is 3.40. The molecule has 2 aliphatic rings. The zero-order chi connectivity index (χ0) is 9.10. The minimum absolute atomic E-state index is 0.903. The van der Waals surface area contributed by atoms with Gasteiger partial charge in [0.1, 0.15) is 0 Å². The van der Waals surface area contributed by atoms with E-state index in [9.17, 15) is 0 Å². The molecule has 0 heteroatoms. The van der Waals surface area contributed by atoms with Gasteiger partial charge in [-0.05, 0) is 37.7 Å². The molecule has 0 spiro atoms. The van der Waals surface area contributed by atoms with Crippen LogP contribution in [-0.4, -0.2) is 0 Å². The van der Waals surface area contributed by atoms with Crippen LogP contribution in [0.3, 0.4) is 0 Å². The first-order valence-electron chi connectivity index (χ1n) is 5.73. The normalized spacial score (nSPS) is 25.3. The molecule has 0 bridgehead atoms. The predicted octanol–water partition coefficient (Wildman–Crippen LogP) is 4.23. The Morgan fingerprint density at radius 3 is 2.31 bits per heavy atom. The third-order valence-corrected chi connectivity index (χ3v) is 3.40. The molecule has 0 atom stereocenters. The Labute approximate surface area is 81.7 Å². The zero-order valence-corrected chi connectivity index (χ0v) is 8.68. The zero-order valence-electron chi connectivity index (χ0n) is 8.68. The van der Waals surface area contributed by atoms with Gasteiger partial charge in [-0.15, -0.1) is 0 Å². The van der Waals surface area contributed by atoms with E-state index in [-0.39, 0.29) is 0 Å². The smallest absolute Gasteiger partial charge is 0.0132 e. The summed E-state index contributed by atoms with van der Waals surface area (Å²) in [6.07, 6.45) is 14.8. The molecule has 0 aliphatic heterocycles. The molecule has 13 heavy (non-hydrogen) atoms.